The van der Waals surface area contributed by atoms with Crippen molar-refractivity contribution >= 4 is 17.4 Å². The van der Waals surface area contributed by atoms with Crippen LogP contribution in [0.2, 0.25) is 0 Å². The van der Waals surface area contributed by atoms with E-state index in [1.54, 1.807) is 11.8 Å². The molecule has 2 atom stereocenters. The maximum Gasteiger partial charge on any atom is 0.103 e. The van der Waals surface area contributed by atoms with Gasteiger partial charge in [-0.25, -0.2) is 0 Å². The van der Waals surface area contributed by atoms with Gasteiger partial charge in [-0.3, -0.25) is 0 Å². The molecule has 0 bridgehead atoms. The quantitative estimate of drug-likeness (QED) is 0.760. The monoisotopic (exact) mass is 274 g/mol. The Morgan fingerprint density at radius 3 is 2.79 bits per heavy atom. The van der Waals surface area contributed by atoms with Gasteiger partial charge in [0.15, 0.2) is 0 Å². The minimum absolute atomic E-state index is 0.541. The van der Waals surface area contributed by atoms with Gasteiger partial charge in [0.05, 0.1) is 11.3 Å². The SMILES string of the molecule is CCSc1cccc(N2C(C)CCC2CC)c1C#N. The average Bonchev–Trinajstić information content (AvgIpc) is 2.79. The molecule has 2 rings (SSSR count). The van der Waals surface area contributed by atoms with E-state index in [1.807, 2.05) is 0 Å². The highest BCUT2D eigenvalue weighted by Crippen LogP contribution is 2.37. The van der Waals surface area contributed by atoms with Crippen LogP contribution in [0.5, 0.6) is 0 Å². The van der Waals surface area contributed by atoms with E-state index in [-0.39, 0.29) is 0 Å². The highest BCUT2D eigenvalue weighted by Gasteiger charge is 2.31. The molecule has 0 N–H and O–H groups in total. The first-order valence-corrected chi connectivity index (χ1v) is 8.15. The van der Waals surface area contributed by atoms with E-state index < -0.39 is 0 Å². The lowest BCUT2D eigenvalue weighted by Crippen LogP contribution is -2.34. The van der Waals surface area contributed by atoms with Crippen LogP contribution in [-0.2, 0) is 0 Å². The molecule has 19 heavy (non-hydrogen) atoms. The molecule has 1 aliphatic rings. The van der Waals surface area contributed by atoms with Gasteiger partial charge in [-0.05, 0) is 44.1 Å². The third kappa shape index (κ3) is 2.74. The van der Waals surface area contributed by atoms with Crippen LogP contribution in [0, 0.1) is 11.3 Å². The molecule has 1 saturated heterocycles. The Morgan fingerprint density at radius 2 is 2.16 bits per heavy atom. The normalized spacial score (nSPS) is 22.5. The molecule has 1 aromatic carbocycles. The summed E-state index contributed by atoms with van der Waals surface area (Å²) in [7, 11) is 0. The van der Waals surface area contributed by atoms with E-state index >= 15 is 0 Å². The minimum atomic E-state index is 0.541. The molecule has 1 aliphatic heterocycles. The number of rotatable bonds is 4. The first-order chi connectivity index (χ1) is 9.22. The van der Waals surface area contributed by atoms with Crippen molar-refractivity contribution in [3.05, 3.63) is 23.8 Å². The molecule has 0 radical (unpaired) electrons. The Hall–Kier alpha value is -1.14. The van der Waals surface area contributed by atoms with E-state index in [0.717, 1.165) is 28.3 Å². The van der Waals surface area contributed by atoms with Crippen LogP contribution in [0.25, 0.3) is 0 Å². The molecule has 102 valence electrons. The third-order valence-electron chi connectivity index (χ3n) is 3.95. The van der Waals surface area contributed by atoms with Crippen molar-refractivity contribution in [2.45, 2.75) is 57.0 Å². The molecular formula is C16H22N2S. The Bertz CT molecular complexity index is 478. The number of benzene rings is 1. The van der Waals surface area contributed by atoms with Crippen molar-refractivity contribution in [2.75, 3.05) is 10.7 Å². The summed E-state index contributed by atoms with van der Waals surface area (Å²) in [5.74, 6) is 1.00. The van der Waals surface area contributed by atoms with Crippen molar-refractivity contribution in [3.8, 4) is 6.07 Å². The minimum Gasteiger partial charge on any atom is -0.365 e. The van der Waals surface area contributed by atoms with E-state index in [1.165, 1.54) is 12.8 Å². The molecular weight excluding hydrogens is 252 g/mol. The fourth-order valence-corrected chi connectivity index (χ4v) is 3.81. The van der Waals surface area contributed by atoms with Crippen LogP contribution in [0.3, 0.4) is 0 Å². The van der Waals surface area contributed by atoms with Crippen molar-refractivity contribution in [1.82, 2.24) is 0 Å². The molecule has 0 amide bonds. The lowest BCUT2D eigenvalue weighted by atomic mass is 10.1. The standard InChI is InChI=1S/C16H22N2S/c1-4-13-10-9-12(3)18(13)15-7-6-8-16(19-5-2)14(15)11-17/h6-8,12-13H,4-5,9-10H2,1-3H3. The van der Waals surface area contributed by atoms with Gasteiger partial charge in [0.1, 0.15) is 6.07 Å². The second kappa shape index (κ2) is 6.34. The first-order valence-electron chi connectivity index (χ1n) is 7.17. The first kappa shape index (κ1) is 14.3. The topological polar surface area (TPSA) is 27.0 Å². The van der Waals surface area contributed by atoms with Crippen LogP contribution < -0.4 is 4.90 Å². The summed E-state index contributed by atoms with van der Waals surface area (Å²) < 4.78 is 0. The summed E-state index contributed by atoms with van der Waals surface area (Å²) >= 11 is 1.76. The zero-order valence-corrected chi connectivity index (χ0v) is 12.8. The maximum atomic E-state index is 9.54. The molecule has 3 heteroatoms. The second-order valence-corrected chi connectivity index (χ2v) is 6.40. The van der Waals surface area contributed by atoms with Gasteiger partial charge in [0, 0.05) is 17.0 Å². The molecule has 0 aromatic heterocycles. The highest BCUT2D eigenvalue weighted by molar-refractivity contribution is 7.99. The Kier molecular flexibility index (Phi) is 4.76. The Balaban J connectivity index is 2.44. The van der Waals surface area contributed by atoms with Gasteiger partial charge < -0.3 is 4.90 Å². The average molecular weight is 274 g/mol. The van der Waals surface area contributed by atoms with Crippen LogP contribution in [0.1, 0.15) is 45.6 Å². The number of hydrogen-bond donors (Lipinski definition) is 0. The van der Waals surface area contributed by atoms with Crippen molar-refractivity contribution in [1.29, 1.82) is 5.26 Å². The van der Waals surface area contributed by atoms with E-state index in [4.69, 9.17) is 0 Å². The van der Waals surface area contributed by atoms with Crippen LogP contribution in [0.4, 0.5) is 5.69 Å². The van der Waals surface area contributed by atoms with Gasteiger partial charge in [0.2, 0.25) is 0 Å². The molecule has 1 heterocycles. The van der Waals surface area contributed by atoms with E-state index in [2.05, 4.69) is 49.9 Å². The van der Waals surface area contributed by atoms with Gasteiger partial charge in [-0.15, -0.1) is 11.8 Å². The molecule has 0 spiro atoms. The smallest absolute Gasteiger partial charge is 0.103 e. The molecule has 1 fully saturated rings. The lowest BCUT2D eigenvalue weighted by molar-refractivity contribution is 0.627. The molecule has 2 nitrogen and oxygen atoms in total. The maximum absolute atomic E-state index is 9.54. The summed E-state index contributed by atoms with van der Waals surface area (Å²) in [6, 6.07) is 9.83. The summed E-state index contributed by atoms with van der Waals surface area (Å²) in [5, 5.41) is 9.54. The number of anilines is 1. The van der Waals surface area contributed by atoms with Gasteiger partial charge in [0.25, 0.3) is 0 Å². The second-order valence-electron chi connectivity index (χ2n) is 5.09. The summed E-state index contributed by atoms with van der Waals surface area (Å²) in [6.07, 6.45) is 3.63. The van der Waals surface area contributed by atoms with Crippen molar-refractivity contribution in [3.63, 3.8) is 0 Å². The zero-order chi connectivity index (χ0) is 13.8. The van der Waals surface area contributed by atoms with Gasteiger partial charge in [-0.1, -0.05) is 19.9 Å². The molecule has 0 saturated carbocycles. The van der Waals surface area contributed by atoms with E-state index in [0.29, 0.717) is 12.1 Å². The van der Waals surface area contributed by atoms with Gasteiger partial charge >= 0.3 is 0 Å². The lowest BCUT2D eigenvalue weighted by Gasteiger charge is -2.31. The summed E-state index contributed by atoms with van der Waals surface area (Å²) in [5.41, 5.74) is 2.00. The van der Waals surface area contributed by atoms with Crippen LogP contribution >= 0.6 is 11.8 Å². The zero-order valence-electron chi connectivity index (χ0n) is 12.0. The highest BCUT2D eigenvalue weighted by atomic mass is 32.2. The Morgan fingerprint density at radius 1 is 1.37 bits per heavy atom. The predicted octanol–water partition coefficient (Wildman–Crippen LogP) is 4.44. The fourth-order valence-electron chi connectivity index (χ4n) is 3.03. The third-order valence-corrected chi connectivity index (χ3v) is 4.89. The van der Waals surface area contributed by atoms with E-state index in [9.17, 15) is 5.26 Å². The number of nitrogens with zero attached hydrogens (tertiary/aromatic N) is 2. The predicted molar refractivity (Wildman–Crippen MR) is 82.8 cm³/mol. The number of hydrogen-bond acceptors (Lipinski definition) is 3. The summed E-state index contributed by atoms with van der Waals surface area (Å²) in [6.45, 7) is 6.65. The summed E-state index contributed by atoms with van der Waals surface area (Å²) in [4.78, 5) is 3.59. The van der Waals surface area contributed by atoms with Crippen molar-refractivity contribution in [2.24, 2.45) is 0 Å². The Labute approximate surface area is 120 Å². The van der Waals surface area contributed by atoms with Gasteiger partial charge in [-0.2, -0.15) is 5.26 Å². The fraction of sp³-hybridized carbons (Fsp3) is 0.562. The van der Waals surface area contributed by atoms with Crippen LogP contribution in [0.15, 0.2) is 23.1 Å². The molecule has 2 unspecified atom stereocenters. The number of thioether (sulfide) groups is 1. The van der Waals surface area contributed by atoms with Crippen LogP contribution in [-0.4, -0.2) is 17.8 Å². The number of nitriles is 1. The van der Waals surface area contributed by atoms with Crippen molar-refractivity contribution < 1.29 is 0 Å². The molecule has 1 aromatic rings. The molecule has 0 aliphatic carbocycles. The largest absolute Gasteiger partial charge is 0.365 e.